The van der Waals surface area contributed by atoms with Crippen LogP contribution >= 0.6 is 0 Å². The Morgan fingerprint density at radius 3 is 2.41 bits per heavy atom. The monoisotopic (exact) mass is 362 g/mol. The van der Waals surface area contributed by atoms with Gasteiger partial charge in [0.05, 0.1) is 12.2 Å². The molecule has 0 aromatic heterocycles. The highest BCUT2D eigenvalue weighted by molar-refractivity contribution is 6.00. The van der Waals surface area contributed by atoms with Gasteiger partial charge in [0.1, 0.15) is 0 Å². The zero-order valence-corrected chi connectivity index (χ0v) is 16.5. The standard InChI is InChI=1S/C24H26O3/c1-6-27-23(26)18-9-7-17(8-10-18)16(3)19-14-20-21(13-15(19)2)24(4,5)12-11-22(20)25/h7-10,13-14H,3,6,11-12H2,1-2,4-5H3. The quantitative estimate of drug-likeness (QED) is 0.676. The van der Waals surface area contributed by atoms with Crippen LogP contribution in [0.15, 0.2) is 43.0 Å². The van der Waals surface area contributed by atoms with Crippen LogP contribution in [-0.4, -0.2) is 18.4 Å². The number of hydrogen-bond acceptors (Lipinski definition) is 3. The van der Waals surface area contributed by atoms with Gasteiger partial charge in [-0.3, -0.25) is 4.79 Å². The number of carbonyl (C=O) groups is 2. The molecule has 0 bridgehead atoms. The number of benzene rings is 2. The molecule has 0 heterocycles. The van der Waals surface area contributed by atoms with E-state index in [4.69, 9.17) is 4.74 Å². The Morgan fingerprint density at radius 2 is 1.78 bits per heavy atom. The Morgan fingerprint density at radius 1 is 1.15 bits per heavy atom. The predicted molar refractivity (Wildman–Crippen MR) is 108 cm³/mol. The van der Waals surface area contributed by atoms with Gasteiger partial charge in [-0.25, -0.2) is 4.79 Å². The van der Waals surface area contributed by atoms with Gasteiger partial charge in [0.15, 0.2) is 5.78 Å². The zero-order valence-electron chi connectivity index (χ0n) is 16.5. The topological polar surface area (TPSA) is 43.4 Å². The second kappa shape index (κ2) is 7.15. The van der Waals surface area contributed by atoms with Gasteiger partial charge in [0.25, 0.3) is 0 Å². The molecule has 2 aromatic carbocycles. The van der Waals surface area contributed by atoms with Crippen molar-refractivity contribution in [3.05, 3.63) is 76.4 Å². The van der Waals surface area contributed by atoms with E-state index < -0.39 is 0 Å². The molecule has 0 atom stereocenters. The van der Waals surface area contributed by atoms with Gasteiger partial charge in [0, 0.05) is 12.0 Å². The maximum Gasteiger partial charge on any atom is 0.338 e. The minimum absolute atomic E-state index is 0.00908. The first-order valence-electron chi connectivity index (χ1n) is 9.39. The maximum atomic E-state index is 12.5. The van der Waals surface area contributed by atoms with Crippen LogP contribution < -0.4 is 0 Å². The summed E-state index contributed by atoms with van der Waals surface area (Å²) >= 11 is 0. The molecule has 0 unspecified atom stereocenters. The van der Waals surface area contributed by atoms with Crippen LogP contribution in [0.5, 0.6) is 0 Å². The van der Waals surface area contributed by atoms with Gasteiger partial charge in [0.2, 0.25) is 0 Å². The van der Waals surface area contributed by atoms with E-state index in [2.05, 4.69) is 33.4 Å². The molecule has 3 rings (SSSR count). The van der Waals surface area contributed by atoms with Gasteiger partial charge in [-0.05, 0) is 71.7 Å². The molecule has 2 aromatic rings. The molecular weight excluding hydrogens is 336 g/mol. The van der Waals surface area contributed by atoms with Gasteiger partial charge in [-0.2, -0.15) is 0 Å². The number of ketones is 1. The third-order valence-corrected chi connectivity index (χ3v) is 5.44. The average molecular weight is 362 g/mol. The fourth-order valence-corrected chi connectivity index (χ4v) is 3.70. The van der Waals surface area contributed by atoms with Crippen LogP contribution in [0.1, 0.15) is 76.6 Å². The van der Waals surface area contributed by atoms with Gasteiger partial charge in [-0.15, -0.1) is 0 Å². The van der Waals surface area contributed by atoms with E-state index in [-0.39, 0.29) is 17.2 Å². The van der Waals surface area contributed by atoms with Crippen molar-refractivity contribution in [3.8, 4) is 0 Å². The summed E-state index contributed by atoms with van der Waals surface area (Å²) in [7, 11) is 0. The number of rotatable bonds is 4. The van der Waals surface area contributed by atoms with Crippen molar-refractivity contribution >= 4 is 17.3 Å². The summed E-state index contributed by atoms with van der Waals surface area (Å²) in [4.78, 5) is 24.3. The molecule has 1 aliphatic rings. The van der Waals surface area contributed by atoms with Crippen LogP contribution in [0.4, 0.5) is 0 Å². The van der Waals surface area contributed by atoms with E-state index in [1.165, 1.54) is 0 Å². The molecule has 0 N–H and O–H groups in total. The lowest BCUT2D eigenvalue weighted by molar-refractivity contribution is 0.0526. The third-order valence-electron chi connectivity index (χ3n) is 5.44. The Bertz CT molecular complexity index is 917. The molecule has 1 aliphatic carbocycles. The molecule has 27 heavy (non-hydrogen) atoms. The van der Waals surface area contributed by atoms with Crippen LogP contribution in [0.2, 0.25) is 0 Å². The van der Waals surface area contributed by atoms with E-state index in [0.717, 1.165) is 39.8 Å². The number of fused-ring (bicyclic) bond motifs is 1. The van der Waals surface area contributed by atoms with E-state index in [1.54, 1.807) is 19.1 Å². The van der Waals surface area contributed by atoms with Crippen molar-refractivity contribution in [2.24, 2.45) is 0 Å². The molecule has 0 spiro atoms. The van der Waals surface area contributed by atoms with Crippen molar-refractivity contribution in [3.63, 3.8) is 0 Å². The molecule has 3 nitrogen and oxygen atoms in total. The van der Waals surface area contributed by atoms with Crippen LogP contribution in [0.3, 0.4) is 0 Å². The summed E-state index contributed by atoms with van der Waals surface area (Å²) in [5, 5.41) is 0. The van der Waals surface area contributed by atoms with Crippen LogP contribution in [0.25, 0.3) is 5.57 Å². The lowest BCUT2D eigenvalue weighted by atomic mass is 9.71. The minimum Gasteiger partial charge on any atom is -0.462 e. The first-order valence-corrected chi connectivity index (χ1v) is 9.39. The summed E-state index contributed by atoms with van der Waals surface area (Å²) in [5.74, 6) is -0.122. The van der Waals surface area contributed by atoms with Crippen molar-refractivity contribution < 1.29 is 14.3 Å². The Balaban J connectivity index is 1.97. The lowest BCUT2D eigenvalue weighted by Crippen LogP contribution is -2.27. The summed E-state index contributed by atoms with van der Waals surface area (Å²) in [6.07, 6.45) is 1.47. The molecule has 3 heteroatoms. The van der Waals surface area contributed by atoms with Crippen molar-refractivity contribution in [1.29, 1.82) is 0 Å². The summed E-state index contributed by atoms with van der Waals surface area (Å²) in [5.41, 5.74) is 6.33. The fraction of sp³-hybridized carbons (Fsp3) is 0.333. The number of hydrogen-bond donors (Lipinski definition) is 0. The largest absolute Gasteiger partial charge is 0.462 e. The third kappa shape index (κ3) is 3.59. The second-order valence-corrected chi connectivity index (χ2v) is 7.80. The highest BCUT2D eigenvalue weighted by Crippen LogP contribution is 2.39. The van der Waals surface area contributed by atoms with E-state index in [1.807, 2.05) is 18.2 Å². The van der Waals surface area contributed by atoms with Crippen molar-refractivity contribution in [2.75, 3.05) is 6.61 Å². The SMILES string of the molecule is C=C(c1ccc(C(=O)OCC)cc1)c1cc2c(cc1C)C(C)(C)CCC2=O. The van der Waals surface area contributed by atoms with Gasteiger partial charge in [-0.1, -0.05) is 38.6 Å². The zero-order chi connectivity index (χ0) is 19.8. The molecule has 0 aliphatic heterocycles. The lowest BCUT2D eigenvalue weighted by Gasteiger charge is -2.32. The maximum absolute atomic E-state index is 12.5. The summed E-state index contributed by atoms with van der Waals surface area (Å²) < 4.78 is 5.03. The molecule has 0 saturated heterocycles. The fourth-order valence-electron chi connectivity index (χ4n) is 3.70. The van der Waals surface area contributed by atoms with Crippen LogP contribution in [-0.2, 0) is 10.2 Å². The van der Waals surface area contributed by atoms with E-state index in [9.17, 15) is 9.59 Å². The number of Topliss-reactive ketones (excluding diaryl/α,β-unsaturated/α-hetero) is 1. The number of esters is 1. The molecule has 0 saturated carbocycles. The smallest absolute Gasteiger partial charge is 0.338 e. The molecule has 0 fully saturated rings. The Kier molecular flexibility index (Phi) is 5.05. The first-order chi connectivity index (χ1) is 12.7. The van der Waals surface area contributed by atoms with Crippen LogP contribution in [0, 0.1) is 6.92 Å². The first kappa shape index (κ1) is 19.1. The summed E-state index contributed by atoms with van der Waals surface area (Å²) in [6, 6.07) is 11.4. The van der Waals surface area contributed by atoms with Gasteiger partial charge < -0.3 is 4.74 Å². The highest BCUT2D eigenvalue weighted by atomic mass is 16.5. The number of ether oxygens (including phenoxy) is 1. The number of aryl methyl sites for hydroxylation is 1. The second-order valence-electron chi connectivity index (χ2n) is 7.80. The van der Waals surface area contributed by atoms with E-state index in [0.29, 0.717) is 18.6 Å². The summed E-state index contributed by atoms with van der Waals surface area (Å²) in [6.45, 7) is 12.8. The predicted octanol–water partition coefficient (Wildman–Crippen LogP) is 5.49. The molecular formula is C24H26O3. The van der Waals surface area contributed by atoms with E-state index >= 15 is 0 Å². The highest BCUT2D eigenvalue weighted by Gasteiger charge is 2.32. The molecule has 0 radical (unpaired) electrons. The Hall–Kier alpha value is -2.68. The Labute approximate surface area is 161 Å². The molecule has 0 amide bonds. The normalized spacial score (nSPS) is 15.2. The van der Waals surface area contributed by atoms with Crippen molar-refractivity contribution in [2.45, 2.75) is 46.0 Å². The van der Waals surface area contributed by atoms with Crippen molar-refractivity contribution in [1.82, 2.24) is 0 Å². The number of carbonyl (C=O) groups excluding carboxylic acids is 2. The minimum atomic E-state index is -0.326. The van der Waals surface area contributed by atoms with Gasteiger partial charge >= 0.3 is 5.97 Å². The molecule has 140 valence electrons. The average Bonchev–Trinajstić information content (AvgIpc) is 2.65.